The van der Waals surface area contributed by atoms with Gasteiger partial charge in [-0.05, 0) is 26.3 Å². The van der Waals surface area contributed by atoms with Gasteiger partial charge >= 0.3 is 0 Å². The van der Waals surface area contributed by atoms with E-state index in [2.05, 4.69) is 56.5 Å². The fourth-order valence-corrected chi connectivity index (χ4v) is 1.37. The Labute approximate surface area is 98.5 Å². The molecule has 1 rings (SSSR count). The maximum atomic E-state index is 4.29. The SMILES string of the molecule is CC(C)CNC/C=C/c1cnn(C(C)C)c1. The molecule has 0 aliphatic rings. The van der Waals surface area contributed by atoms with Crippen molar-refractivity contribution in [3.8, 4) is 0 Å². The van der Waals surface area contributed by atoms with Gasteiger partial charge in [-0.2, -0.15) is 5.10 Å². The molecule has 90 valence electrons. The molecule has 1 N–H and O–H groups in total. The van der Waals surface area contributed by atoms with Crippen LogP contribution >= 0.6 is 0 Å². The minimum atomic E-state index is 0.432. The van der Waals surface area contributed by atoms with Crippen molar-refractivity contribution in [1.29, 1.82) is 0 Å². The fourth-order valence-electron chi connectivity index (χ4n) is 1.37. The summed E-state index contributed by atoms with van der Waals surface area (Å²) in [5.41, 5.74) is 1.17. The van der Waals surface area contributed by atoms with Crippen LogP contribution in [-0.2, 0) is 0 Å². The quantitative estimate of drug-likeness (QED) is 0.749. The monoisotopic (exact) mass is 221 g/mol. The molecule has 0 aliphatic heterocycles. The van der Waals surface area contributed by atoms with Crippen LogP contribution < -0.4 is 5.32 Å². The molecule has 0 radical (unpaired) electrons. The summed E-state index contributed by atoms with van der Waals surface area (Å²) in [6.07, 6.45) is 8.23. The highest BCUT2D eigenvalue weighted by molar-refractivity contribution is 5.46. The van der Waals surface area contributed by atoms with Crippen molar-refractivity contribution in [1.82, 2.24) is 15.1 Å². The molecule has 0 atom stereocenters. The van der Waals surface area contributed by atoms with Gasteiger partial charge < -0.3 is 5.32 Å². The van der Waals surface area contributed by atoms with Crippen molar-refractivity contribution in [2.24, 2.45) is 5.92 Å². The minimum Gasteiger partial charge on any atom is -0.313 e. The van der Waals surface area contributed by atoms with Crippen LogP contribution in [0.4, 0.5) is 0 Å². The molecule has 0 bridgehead atoms. The first-order valence-corrected chi connectivity index (χ1v) is 6.01. The van der Waals surface area contributed by atoms with E-state index in [-0.39, 0.29) is 0 Å². The molecular formula is C13H23N3. The molecule has 0 unspecified atom stereocenters. The van der Waals surface area contributed by atoms with Crippen LogP contribution in [0.5, 0.6) is 0 Å². The second kappa shape index (κ2) is 6.48. The normalized spacial score (nSPS) is 12.1. The Kier molecular flexibility index (Phi) is 5.26. The van der Waals surface area contributed by atoms with E-state index in [9.17, 15) is 0 Å². The highest BCUT2D eigenvalue weighted by Gasteiger charge is 1.98. The van der Waals surface area contributed by atoms with E-state index in [1.54, 1.807) is 0 Å². The fraction of sp³-hybridized carbons (Fsp3) is 0.615. The van der Waals surface area contributed by atoms with Gasteiger partial charge in [0.1, 0.15) is 0 Å². The van der Waals surface area contributed by atoms with Gasteiger partial charge in [0.2, 0.25) is 0 Å². The van der Waals surface area contributed by atoms with Crippen molar-refractivity contribution in [2.75, 3.05) is 13.1 Å². The summed E-state index contributed by atoms with van der Waals surface area (Å²) in [6.45, 7) is 10.7. The summed E-state index contributed by atoms with van der Waals surface area (Å²) in [7, 11) is 0. The second-order valence-corrected chi connectivity index (χ2v) is 4.80. The second-order valence-electron chi connectivity index (χ2n) is 4.80. The number of nitrogens with one attached hydrogen (secondary N) is 1. The average molecular weight is 221 g/mol. The van der Waals surface area contributed by atoms with Crippen LogP contribution in [0.15, 0.2) is 18.5 Å². The lowest BCUT2D eigenvalue weighted by Gasteiger charge is -2.03. The Morgan fingerprint density at radius 1 is 1.38 bits per heavy atom. The summed E-state index contributed by atoms with van der Waals surface area (Å²) in [4.78, 5) is 0. The van der Waals surface area contributed by atoms with E-state index in [4.69, 9.17) is 0 Å². The molecule has 0 amide bonds. The molecule has 0 fully saturated rings. The van der Waals surface area contributed by atoms with Gasteiger partial charge in [0, 0.05) is 24.3 Å². The maximum Gasteiger partial charge on any atom is 0.0562 e. The molecule has 0 aromatic carbocycles. The number of hydrogen-bond acceptors (Lipinski definition) is 2. The zero-order valence-corrected chi connectivity index (χ0v) is 10.8. The van der Waals surface area contributed by atoms with E-state index in [1.165, 1.54) is 5.56 Å². The number of hydrogen-bond donors (Lipinski definition) is 1. The van der Waals surface area contributed by atoms with Gasteiger partial charge in [0.05, 0.1) is 6.20 Å². The summed E-state index contributed by atoms with van der Waals surface area (Å²) in [6, 6.07) is 0.432. The molecular weight excluding hydrogens is 198 g/mol. The first-order valence-electron chi connectivity index (χ1n) is 6.01. The molecule has 1 aromatic rings. The van der Waals surface area contributed by atoms with E-state index in [0.717, 1.165) is 13.1 Å². The van der Waals surface area contributed by atoms with Crippen LogP contribution in [0, 0.1) is 5.92 Å². The van der Waals surface area contributed by atoms with E-state index >= 15 is 0 Å². The van der Waals surface area contributed by atoms with Crippen LogP contribution in [0.3, 0.4) is 0 Å². The van der Waals surface area contributed by atoms with Gasteiger partial charge in [-0.15, -0.1) is 0 Å². The van der Waals surface area contributed by atoms with Crippen molar-refractivity contribution in [2.45, 2.75) is 33.7 Å². The number of nitrogens with zero attached hydrogens (tertiary/aromatic N) is 2. The van der Waals surface area contributed by atoms with Gasteiger partial charge in [0.15, 0.2) is 0 Å². The lowest BCUT2D eigenvalue weighted by Crippen LogP contribution is -2.19. The van der Waals surface area contributed by atoms with Gasteiger partial charge in [-0.25, -0.2) is 0 Å². The first kappa shape index (κ1) is 13.0. The number of aromatic nitrogens is 2. The van der Waals surface area contributed by atoms with E-state index < -0.39 is 0 Å². The van der Waals surface area contributed by atoms with Crippen LogP contribution in [-0.4, -0.2) is 22.9 Å². The lowest BCUT2D eigenvalue weighted by atomic mass is 10.2. The van der Waals surface area contributed by atoms with Crippen LogP contribution in [0.25, 0.3) is 6.08 Å². The largest absolute Gasteiger partial charge is 0.313 e. The van der Waals surface area contributed by atoms with E-state index in [0.29, 0.717) is 12.0 Å². The molecule has 16 heavy (non-hydrogen) atoms. The standard InChI is InChI=1S/C13H23N3/c1-11(2)8-14-7-5-6-13-9-15-16(10-13)12(3)4/h5-6,9-12,14H,7-8H2,1-4H3/b6-5+. The number of rotatable bonds is 6. The lowest BCUT2D eigenvalue weighted by molar-refractivity contribution is 0.532. The molecule has 0 saturated heterocycles. The van der Waals surface area contributed by atoms with Crippen LogP contribution in [0.2, 0.25) is 0 Å². The zero-order valence-electron chi connectivity index (χ0n) is 10.8. The Morgan fingerprint density at radius 3 is 2.69 bits per heavy atom. The first-order chi connectivity index (χ1) is 7.59. The van der Waals surface area contributed by atoms with Crippen molar-refractivity contribution in [3.05, 3.63) is 24.0 Å². The van der Waals surface area contributed by atoms with Crippen molar-refractivity contribution in [3.63, 3.8) is 0 Å². The third-order valence-corrected chi connectivity index (χ3v) is 2.28. The van der Waals surface area contributed by atoms with Crippen LogP contribution in [0.1, 0.15) is 39.3 Å². The summed E-state index contributed by atoms with van der Waals surface area (Å²) in [5, 5.41) is 7.66. The predicted octanol–water partition coefficient (Wildman–Crippen LogP) is 2.72. The van der Waals surface area contributed by atoms with Gasteiger partial charge in [0.25, 0.3) is 0 Å². The Balaban J connectivity index is 2.32. The highest BCUT2D eigenvalue weighted by atomic mass is 15.3. The predicted molar refractivity (Wildman–Crippen MR) is 69.4 cm³/mol. The maximum absolute atomic E-state index is 4.29. The summed E-state index contributed by atoms with van der Waals surface area (Å²) in [5.74, 6) is 0.706. The molecule has 1 heterocycles. The molecule has 0 aliphatic carbocycles. The smallest absolute Gasteiger partial charge is 0.0562 e. The Bertz CT molecular complexity index is 324. The molecule has 0 saturated carbocycles. The molecule has 1 aromatic heterocycles. The Morgan fingerprint density at radius 2 is 2.12 bits per heavy atom. The third kappa shape index (κ3) is 4.62. The molecule has 3 nitrogen and oxygen atoms in total. The minimum absolute atomic E-state index is 0.432. The Hall–Kier alpha value is -1.09. The van der Waals surface area contributed by atoms with Crippen molar-refractivity contribution >= 4 is 6.08 Å². The summed E-state index contributed by atoms with van der Waals surface area (Å²) >= 11 is 0. The summed E-state index contributed by atoms with van der Waals surface area (Å²) < 4.78 is 1.97. The topological polar surface area (TPSA) is 29.9 Å². The van der Waals surface area contributed by atoms with Gasteiger partial charge in [-0.1, -0.05) is 26.0 Å². The van der Waals surface area contributed by atoms with Gasteiger partial charge in [-0.3, -0.25) is 4.68 Å². The van der Waals surface area contributed by atoms with E-state index in [1.807, 2.05) is 10.9 Å². The molecule has 0 spiro atoms. The highest BCUT2D eigenvalue weighted by Crippen LogP contribution is 2.06. The third-order valence-electron chi connectivity index (χ3n) is 2.28. The molecule has 3 heteroatoms. The zero-order chi connectivity index (χ0) is 12.0. The average Bonchev–Trinajstić information content (AvgIpc) is 2.65. The van der Waals surface area contributed by atoms with Crippen molar-refractivity contribution < 1.29 is 0 Å².